The van der Waals surface area contributed by atoms with E-state index in [4.69, 9.17) is 9.47 Å². The maximum atomic E-state index is 13.5. The number of rotatable bonds is 14. The minimum absolute atomic E-state index is 0.0412. The molecule has 2 aromatic rings. The van der Waals surface area contributed by atoms with Crippen molar-refractivity contribution in [3.05, 3.63) is 78.4 Å². The Labute approximate surface area is 239 Å². The molecule has 0 radical (unpaired) electrons. The summed E-state index contributed by atoms with van der Waals surface area (Å²) < 4.78 is 11.4. The van der Waals surface area contributed by atoms with Crippen molar-refractivity contribution in [3.8, 4) is 17.2 Å². The average molecular weight is 542 g/mol. The molecule has 3 rings (SSSR count). The third-order valence-corrected chi connectivity index (χ3v) is 7.37. The second-order valence-electron chi connectivity index (χ2n) is 11.2. The van der Waals surface area contributed by atoms with Gasteiger partial charge in [-0.25, -0.2) is 0 Å². The number of allylic oxidation sites excluding steroid dienone is 3. The Balaban J connectivity index is 1.77. The number of unbranched alkanes of at least 4 members (excludes halogenated alkanes) is 3. The SMILES string of the molecule is CCCCCC[C@H](C)OC(=O)C1(C(=O)OC[C@H](C#N)CC(C)C)C=CC(c2ccc(-c3ccccc3)cc2)=CC1. The highest BCUT2D eigenvalue weighted by Gasteiger charge is 2.48. The van der Waals surface area contributed by atoms with Crippen LogP contribution in [-0.4, -0.2) is 24.6 Å². The van der Waals surface area contributed by atoms with Gasteiger partial charge in [0.15, 0.2) is 5.41 Å². The van der Waals surface area contributed by atoms with E-state index >= 15 is 0 Å². The zero-order valence-electron chi connectivity index (χ0n) is 24.4. The van der Waals surface area contributed by atoms with Crippen LogP contribution < -0.4 is 0 Å². The largest absolute Gasteiger partial charge is 0.463 e. The lowest BCUT2D eigenvalue weighted by molar-refractivity contribution is -0.172. The molecule has 5 heteroatoms. The van der Waals surface area contributed by atoms with Gasteiger partial charge >= 0.3 is 11.9 Å². The number of ether oxygens (including phenoxy) is 2. The Kier molecular flexibility index (Phi) is 11.8. The minimum Gasteiger partial charge on any atom is -0.463 e. The Hall–Kier alpha value is -3.65. The molecular weight excluding hydrogens is 498 g/mol. The van der Waals surface area contributed by atoms with Gasteiger partial charge in [-0.2, -0.15) is 5.26 Å². The fourth-order valence-electron chi connectivity index (χ4n) is 4.96. The molecule has 0 amide bonds. The summed E-state index contributed by atoms with van der Waals surface area (Å²) in [6.07, 6.45) is 10.9. The Bertz CT molecular complexity index is 1210. The van der Waals surface area contributed by atoms with Crippen molar-refractivity contribution in [2.75, 3.05) is 6.61 Å². The van der Waals surface area contributed by atoms with E-state index in [9.17, 15) is 14.9 Å². The summed E-state index contributed by atoms with van der Waals surface area (Å²) in [5.41, 5.74) is 2.62. The molecule has 1 unspecified atom stereocenters. The third-order valence-electron chi connectivity index (χ3n) is 7.37. The van der Waals surface area contributed by atoms with Gasteiger partial charge in [-0.1, -0.05) is 113 Å². The maximum Gasteiger partial charge on any atom is 0.328 e. The van der Waals surface area contributed by atoms with E-state index in [2.05, 4.69) is 37.3 Å². The van der Waals surface area contributed by atoms with Gasteiger partial charge < -0.3 is 9.47 Å². The van der Waals surface area contributed by atoms with Crippen LogP contribution in [0, 0.1) is 28.6 Å². The van der Waals surface area contributed by atoms with E-state index in [1.807, 2.05) is 63.3 Å². The summed E-state index contributed by atoms with van der Waals surface area (Å²) in [6, 6.07) is 20.6. The Morgan fingerprint density at radius 3 is 2.20 bits per heavy atom. The van der Waals surface area contributed by atoms with Crippen molar-refractivity contribution in [2.24, 2.45) is 17.3 Å². The first-order valence-corrected chi connectivity index (χ1v) is 14.6. The van der Waals surface area contributed by atoms with Crippen LogP contribution in [0.25, 0.3) is 16.7 Å². The molecular formula is C35H43NO4. The molecule has 0 bridgehead atoms. The predicted molar refractivity (Wildman–Crippen MR) is 160 cm³/mol. The smallest absolute Gasteiger partial charge is 0.328 e. The van der Waals surface area contributed by atoms with Crippen LogP contribution >= 0.6 is 0 Å². The number of nitriles is 1. The number of carbonyl (C=O) groups is 2. The van der Waals surface area contributed by atoms with Crippen LogP contribution in [0.2, 0.25) is 0 Å². The highest BCUT2D eigenvalue weighted by Crippen LogP contribution is 2.37. The van der Waals surface area contributed by atoms with Gasteiger partial charge in [-0.15, -0.1) is 0 Å². The molecule has 0 saturated carbocycles. The monoisotopic (exact) mass is 541 g/mol. The van der Waals surface area contributed by atoms with Gasteiger partial charge in [0.2, 0.25) is 0 Å². The molecule has 40 heavy (non-hydrogen) atoms. The van der Waals surface area contributed by atoms with E-state index in [-0.39, 0.29) is 19.1 Å². The summed E-state index contributed by atoms with van der Waals surface area (Å²) in [6.45, 7) is 8.04. The fourth-order valence-corrected chi connectivity index (χ4v) is 4.96. The summed E-state index contributed by atoms with van der Waals surface area (Å²) in [7, 11) is 0. The minimum atomic E-state index is -1.57. The third kappa shape index (κ3) is 8.42. The van der Waals surface area contributed by atoms with Crippen LogP contribution in [0.3, 0.4) is 0 Å². The van der Waals surface area contributed by atoms with Gasteiger partial charge in [-0.05, 0) is 60.8 Å². The number of nitrogens with zero attached hydrogens (tertiary/aromatic N) is 1. The number of esters is 2. The summed E-state index contributed by atoms with van der Waals surface area (Å²) in [4.78, 5) is 27.0. The van der Waals surface area contributed by atoms with E-state index in [1.165, 1.54) is 0 Å². The van der Waals surface area contributed by atoms with E-state index in [0.717, 1.165) is 54.4 Å². The van der Waals surface area contributed by atoms with Crippen molar-refractivity contribution in [1.29, 1.82) is 5.26 Å². The van der Waals surface area contributed by atoms with Crippen molar-refractivity contribution >= 4 is 17.5 Å². The number of hydrogen-bond acceptors (Lipinski definition) is 5. The summed E-state index contributed by atoms with van der Waals surface area (Å²) in [5, 5.41) is 9.51. The van der Waals surface area contributed by atoms with E-state index in [0.29, 0.717) is 12.3 Å². The lowest BCUT2D eigenvalue weighted by Crippen LogP contribution is -2.42. The van der Waals surface area contributed by atoms with Crippen LogP contribution in [-0.2, 0) is 19.1 Å². The fraction of sp³-hybridized carbons (Fsp3) is 0.457. The van der Waals surface area contributed by atoms with Crippen LogP contribution in [0.15, 0.2) is 72.8 Å². The quantitative estimate of drug-likeness (QED) is 0.137. The summed E-state index contributed by atoms with van der Waals surface area (Å²) in [5.74, 6) is -1.38. The molecule has 0 aromatic heterocycles. The molecule has 3 atom stereocenters. The highest BCUT2D eigenvalue weighted by atomic mass is 16.6. The van der Waals surface area contributed by atoms with Gasteiger partial charge in [0.25, 0.3) is 0 Å². The average Bonchev–Trinajstić information content (AvgIpc) is 2.97. The molecule has 0 fully saturated rings. The standard InChI is InChI=1S/C35H43NO4/c1-5-6-7-9-12-27(4)40-34(38)35(33(37)39-25-28(24-36)23-26(2)3)21-19-32(20-22-35)31-17-15-30(16-18-31)29-13-10-8-11-14-29/h8,10-11,13-21,26-28H,5-7,9,12,22-23,25H2,1-4H3/t27-,28-,35?/m0/s1. The second-order valence-corrected chi connectivity index (χ2v) is 11.2. The molecule has 0 saturated heterocycles. The van der Waals surface area contributed by atoms with Crippen LogP contribution in [0.1, 0.15) is 78.2 Å². The molecule has 0 aliphatic heterocycles. The number of carbonyl (C=O) groups excluding carboxylic acids is 2. The van der Waals surface area contributed by atoms with E-state index < -0.39 is 23.3 Å². The molecule has 1 aliphatic carbocycles. The van der Waals surface area contributed by atoms with Crippen LogP contribution in [0.4, 0.5) is 0 Å². The second kappa shape index (κ2) is 15.2. The Morgan fingerprint density at radius 2 is 1.60 bits per heavy atom. The predicted octanol–water partition coefficient (Wildman–Crippen LogP) is 8.31. The highest BCUT2D eigenvalue weighted by molar-refractivity contribution is 6.04. The molecule has 0 spiro atoms. The molecule has 1 aliphatic rings. The topological polar surface area (TPSA) is 76.4 Å². The van der Waals surface area contributed by atoms with Crippen molar-refractivity contribution < 1.29 is 19.1 Å². The molecule has 212 valence electrons. The van der Waals surface area contributed by atoms with Crippen molar-refractivity contribution in [2.45, 2.75) is 78.7 Å². The van der Waals surface area contributed by atoms with Gasteiger partial charge in [0, 0.05) is 0 Å². The Morgan fingerprint density at radius 1 is 0.925 bits per heavy atom. The van der Waals surface area contributed by atoms with E-state index in [1.54, 1.807) is 6.08 Å². The van der Waals surface area contributed by atoms with Gasteiger partial charge in [-0.3, -0.25) is 9.59 Å². The van der Waals surface area contributed by atoms with Crippen LogP contribution in [0.5, 0.6) is 0 Å². The van der Waals surface area contributed by atoms with Gasteiger partial charge in [0.1, 0.15) is 6.61 Å². The van der Waals surface area contributed by atoms with Gasteiger partial charge in [0.05, 0.1) is 18.1 Å². The lowest BCUT2D eigenvalue weighted by atomic mass is 9.78. The van der Waals surface area contributed by atoms with Crippen molar-refractivity contribution in [3.63, 3.8) is 0 Å². The first kappa shape index (κ1) is 30.9. The number of benzene rings is 2. The first-order valence-electron chi connectivity index (χ1n) is 14.6. The lowest BCUT2D eigenvalue weighted by Gasteiger charge is -2.30. The normalized spacial score (nSPS) is 17.9. The first-order chi connectivity index (χ1) is 19.3. The molecule has 0 N–H and O–H groups in total. The zero-order valence-corrected chi connectivity index (χ0v) is 24.4. The van der Waals surface area contributed by atoms with Crippen molar-refractivity contribution in [1.82, 2.24) is 0 Å². The summed E-state index contributed by atoms with van der Waals surface area (Å²) >= 11 is 0. The number of hydrogen-bond donors (Lipinski definition) is 0. The zero-order chi connectivity index (χ0) is 29.0. The molecule has 0 heterocycles. The maximum absolute atomic E-state index is 13.5. The molecule has 2 aromatic carbocycles. The molecule has 5 nitrogen and oxygen atoms in total.